The molecule has 0 fully saturated rings. The molecule has 2 amide bonds. The lowest BCUT2D eigenvalue weighted by Gasteiger charge is -2.28. The highest BCUT2D eigenvalue weighted by atomic mass is 35.6. The van der Waals surface area contributed by atoms with Gasteiger partial charge in [0.05, 0.1) is 0 Å². The van der Waals surface area contributed by atoms with Crippen molar-refractivity contribution in [2.75, 3.05) is 19.4 Å². The summed E-state index contributed by atoms with van der Waals surface area (Å²) in [6, 6.07) is 8.83. The Morgan fingerprint density at radius 2 is 1.76 bits per heavy atom. The second-order valence-electron chi connectivity index (χ2n) is 4.28. The Morgan fingerprint density at radius 3 is 2.24 bits per heavy atom. The molecule has 0 unspecified atom stereocenters. The lowest BCUT2D eigenvalue weighted by molar-refractivity contribution is 0.212. The normalized spacial score (nSPS) is 12.2. The van der Waals surface area contributed by atoms with E-state index in [1.54, 1.807) is 14.1 Å². The summed E-state index contributed by atoms with van der Waals surface area (Å²) in [5.74, 6) is 0. The number of anilines is 1. The third kappa shape index (κ3) is 6.56. The number of hydrogen-bond acceptors (Lipinski definition) is 2. The van der Waals surface area contributed by atoms with Crippen molar-refractivity contribution in [2.24, 2.45) is 0 Å². The fraction of sp³-hybridized carbons (Fsp3) is 0.333. The molecular weight excluding hydrogens is 355 g/mol. The van der Waals surface area contributed by atoms with Crippen LogP contribution in [0.25, 0.3) is 0 Å². The number of alkyl halides is 3. The summed E-state index contributed by atoms with van der Waals surface area (Å²) in [4.78, 5) is 13.0. The molecule has 0 spiro atoms. The van der Waals surface area contributed by atoms with Gasteiger partial charge in [0, 0.05) is 19.8 Å². The SMILES string of the molecule is CN(C)C(=O)N[C@@H](NC(=S)Nc1ccccc1)C(Cl)(Cl)Cl. The molecule has 1 aromatic rings. The number of benzene rings is 1. The maximum atomic E-state index is 11.7. The quantitative estimate of drug-likeness (QED) is 0.435. The van der Waals surface area contributed by atoms with Crippen LogP contribution in [0.2, 0.25) is 0 Å². The van der Waals surface area contributed by atoms with E-state index in [2.05, 4.69) is 16.0 Å². The van der Waals surface area contributed by atoms with Crippen molar-refractivity contribution in [3.63, 3.8) is 0 Å². The highest BCUT2D eigenvalue weighted by molar-refractivity contribution is 7.80. The van der Waals surface area contributed by atoms with Crippen molar-refractivity contribution in [3.8, 4) is 0 Å². The molecule has 0 aliphatic heterocycles. The molecule has 9 heteroatoms. The molecule has 1 aromatic carbocycles. The van der Waals surface area contributed by atoms with Crippen LogP contribution in [0.15, 0.2) is 30.3 Å². The number of rotatable bonds is 3. The summed E-state index contributed by atoms with van der Waals surface area (Å²) in [5, 5.41) is 8.43. The monoisotopic (exact) mass is 368 g/mol. The fourth-order valence-corrected chi connectivity index (χ4v) is 1.84. The van der Waals surface area contributed by atoms with Gasteiger partial charge < -0.3 is 20.9 Å². The number of hydrogen-bond donors (Lipinski definition) is 3. The molecule has 1 atom stereocenters. The lowest BCUT2D eigenvalue weighted by Crippen LogP contribution is -2.57. The fourth-order valence-electron chi connectivity index (χ4n) is 1.27. The topological polar surface area (TPSA) is 56.4 Å². The van der Waals surface area contributed by atoms with Crippen LogP contribution in [0.5, 0.6) is 0 Å². The predicted molar refractivity (Wildman–Crippen MR) is 92.1 cm³/mol. The average Bonchev–Trinajstić information content (AvgIpc) is 2.37. The van der Waals surface area contributed by atoms with Crippen molar-refractivity contribution in [2.45, 2.75) is 9.96 Å². The number of para-hydroxylation sites is 1. The number of carbonyl (C=O) groups is 1. The van der Waals surface area contributed by atoms with Crippen LogP contribution in [0.3, 0.4) is 0 Å². The Morgan fingerprint density at radius 1 is 1.19 bits per heavy atom. The molecule has 0 saturated heterocycles. The predicted octanol–water partition coefficient (Wildman–Crippen LogP) is 2.94. The Hall–Kier alpha value is -0.950. The number of urea groups is 1. The van der Waals surface area contributed by atoms with Crippen LogP contribution >= 0.6 is 47.0 Å². The van der Waals surface area contributed by atoms with Gasteiger partial charge in [0.2, 0.25) is 3.79 Å². The van der Waals surface area contributed by atoms with Crippen molar-refractivity contribution in [1.82, 2.24) is 15.5 Å². The van der Waals surface area contributed by atoms with Crippen LogP contribution in [-0.4, -0.2) is 40.1 Å². The zero-order valence-electron chi connectivity index (χ0n) is 11.4. The molecule has 3 N–H and O–H groups in total. The first-order valence-corrected chi connectivity index (χ1v) is 7.41. The van der Waals surface area contributed by atoms with Gasteiger partial charge in [0.1, 0.15) is 0 Å². The second kappa shape index (κ2) is 7.89. The highest BCUT2D eigenvalue weighted by Crippen LogP contribution is 2.29. The first-order valence-electron chi connectivity index (χ1n) is 5.87. The molecule has 21 heavy (non-hydrogen) atoms. The third-order valence-electron chi connectivity index (χ3n) is 2.31. The molecule has 0 heterocycles. The smallest absolute Gasteiger partial charge is 0.318 e. The number of nitrogens with one attached hydrogen (secondary N) is 3. The summed E-state index contributed by atoms with van der Waals surface area (Å²) in [5.41, 5.74) is 0.775. The first-order chi connectivity index (χ1) is 9.70. The number of carbonyl (C=O) groups excluding carboxylic acids is 1. The number of thiocarbonyl (C=S) groups is 1. The number of amides is 2. The maximum absolute atomic E-state index is 11.7. The standard InChI is InChI=1S/C12H15Cl3N4OS/c1-19(2)11(20)18-9(12(13,14)15)17-10(21)16-8-6-4-3-5-7-8/h3-7,9H,1-2H3,(H,18,20)(H2,16,17,21)/t9-/m1/s1. The van der Waals surface area contributed by atoms with E-state index in [4.69, 9.17) is 47.0 Å². The Bertz CT molecular complexity index is 493. The van der Waals surface area contributed by atoms with Crippen LogP contribution in [0.4, 0.5) is 10.5 Å². The minimum absolute atomic E-state index is 0.219. The van der Waals surface area contributed by atoms with E-state index in [-0.39, 0.29) is 5.11 Å². The molecule has 116 valence electrons. The second-order valence-corrected chi connectivity index (χ2v) is 7.06. The Labute approximate surface area is 143 Å². The van der Waals surface area contributed by atoms with Gasteiger partial charge in [-0.15, -0.1) is 0 Å². The third-order valence-corrected chi connectivity index (χ3v) is 3.18. The van der Waals surface area contributed by atoms with Crippen LogP contribution in [0.1, 0.15) is 0 Å². The van der Waals surface area contributed by atoms with E-state index < -0.39 is 16.0 Å². The summed E-state index contributed by atoms with van der Waals surface area (Å²) < 4.78 is -1.77. The van der Waals surface area contributed by atoms with Gasteiger partial charge in [-0.05, 0) is 24.4 Å². The Kier molecular flexibility index (Phi) is 6.80. The van der Waals surface area contributed by atoms with Gasteiger partial charge in [-0.1, -0.05) is 53.0 Å². The van der Waals surface area contributed by atoms with Crippen molar-refractivity contribution >= 4 is 63.9 Å². The molecule has 0 saturated carbocycles. The Balaban J connectivity index is 2.68. The van der Waals surface area contributed by atoms with E-state index in [0.29, 0.717) is 0 Å². The minimum Gasteiger partial charge on any atom is -0.339 e. The average molecular weight is 370 g/mol. The van der Waals surface area contributed by atoms with Crippen LogP contribution < -0.4 is 16.0 Å². The van der Waals surface area contributed by atoms with Crippen LogP contribution in [-0.2, 0) is 0 Å². The van der Waals surface area contributed by atoms with Crippen molar-refractivity contribution in [3.05, 3.63) is 30.3 Å². The van der Waals surface area contributed by atoms with Gasteiger partial charge in [-0.25, -0.2) is 4.79 Å². The first kappa shape index (κ1) is 18.1. The van der Waals surface area contributed by atoms with Gasteiger partial charge in [0.15, 0.2) is 11.3 Å². The van der Waals surface area contributed by atoms with Crippen molar-refractivity contribution < 1.29 is 4.79 Å². The van der Waals surface area contributed by atoms with E-state index in [9.17, 15) is 4.79 Å². The molecule has 0 aromatic heterocycles. The van der Waals surface area contributed by atoms with E-state index in [0.717, 1.165) is 5.69 Å². The summed E-state index contributed by atoms with van der Waals surface area (Å²) in [7, 11) is 3.15. The lowest BCUT2D eigenvalue weighted by atomic mass is 10.3. The zero-order chi connectivity index (χ0) is 16.0. The summed E-state index contributed by atoms with van der Waals surface area (Å²) >= 11 is 22.7. The van der Waals surface area contributed by atoms with E-state index in [1.165, 1.54) is 4.90 Å². The molecular formula is C12H15Cl3N4OS. The van der Waals surface area contributed by atoms with Crippen molar-refractivity contribution in [1.29, 1.82) is 0 Å². The largest absolute Gasteiger partial charge is 0.339 e. The van der Waals surface area contributed by atoms with Gasteiger partial charge in [0.25, 0.3) is 0 Å². The van der Waals surface area contributed by atoms with E-state index in [1.807, 2.05) is 30.3 Å². The van der Waals surface area contributed by atoms with Gasteiger partial charge in [-0.2, -0.15) is 0 Å². The van der Waals surface area contributed by atoms with Gasteiger partial charge >= 0.3 is 6.03 Å². The highest BCUT2D eigenvalue weighted by Gasteiger charge is 2.35. The number of nitrogens with zero attached hydrogens (tertiary/aromatic N) is 1. The summed E-state index contributed by atoms with van der Waals surface area (Å²) in [6.45, 7) is 0. The van der Waals surface area contributed by atoms with Gasteiger partial charge in [-0.3, -0.25) is 0 Å². The summed E-state index contributed by atoms with van der Waals surface area (Å²) in [6.07, 6.45) is -0.985. The molecule has 1 rings (SSSR count). The maximum Gasteiger partial charge on any atom is 0.318 e. The molecule has 0 aliphatic rings. The molecule has 0 bridgehead atoms. The molecule has 0 aliphatic carbocycles. The molecule has 5 nitrogen and oxygen atoms in total. The van der Waals surface area contributed by atoms with E-state index >= 15 is 0 Å². The minimum atomic E-state index is -1.77. The number of halogens is 3. The van der Waals surface area contributed by atoms with Crippen LogP contribution in [0, 0.1) is 0 Å². The zero-order valence-corrected chi connectivity index (χ0v) is 14.4. The molecule has 0 radical (unpaired) electrons.